The fraction of sp³-hybridized carbons (Fsp3) is 0.216. The van der Waals surface area contributed by atoms with Gasteiger partial charge >= 0.3 is 10.0 Å². The third-order valence-electron chi connectivity index (χ3n) is 8.51. The van der Waals surface area contributed by atoms with E-state index in [0.29, 0.717) is 39.9 Å². The van der Waals surface area contributed by atoms with E-state index in [1.807, 2.05) is 48.9 Å². The van der Waals surface area contributed by atoms with E-state index >= 15 is 0 Å². The third-order valence-corrected chi connectivity index (χ3v) is 9.88. The minimum Gasteiger partial charge on any atom is -0.372 e. The topological polar surface area (TPSA) is 115 Å². The zero-order valence-electron chi connectivity index (χ0n) is 27.3. The molecule has 4 aromatic carbocycles. The number of aromatic nitrogens is 1. The van der Waals surface area contributed by atoms with Crippen LogP contribution in [0.2, 0.25) is 0 Å². The second-order valence-corrected chi connectivity index (χ2v) is 13.2. The predicted molar refractivity (Wildman–Crippen MR) is 188 cm³/mol. The summed E-state index contributed by atoms with van der Waals surface area (Å²) in [5, 5.41) is 10.2. The highest BCUT2D eigenvalue weighted by molar-refractivity contribution is 7.92. The van der Waals surface area contributed by atoms with Gasteiger partial charge in [-0.3, -0.25) is 9.59 Å². The summed E-state index contributed by atoms with van der Waals surface area (Å²) < 4.78 is 30.9. The first-order chi connectivity index (χ1) is 23.2. The summed E-state index contributed by atoms with van der Waals surface area (Å²) in [6.07, 6.45) is 2.65. The van der Waals surface area contributed by atoms with Gasteiger partial charge in [0, 0.05) is 46.7 Å². The van der Waals surface area contributed by atoms with Crippen LogP contribution < -0.4 is 19.1 Å². The van der Waals surface area contributed by atoms with Gasteiger partial charge in [0.05, 0.1) is 29.8 Å². The highest BCUT2D eigenvalue weighted by Gasteiger charge is 2.35. The lowest BCUT2D eigenvalue weighted by Gasteiger charge is -2.27. The molecule has 2 heterocycles. The SMILES string of the molecule is CCC[n+]1ccccc1NS(=O)(=O)c1ccc(N2C(=O)c3cccc4c(N=Nc5ccc(N(CC)CC)cc5C)ccc(c34)C2=O)cc1. The Labute approximate surface area is 280 Å². The second-order valence-electron chi connectivity index (χ2n) is 11.5. The van der Waals surface area contributed by atoms with E-state index < -0.39 is 21.8 Å². The molecule has 0 spiro atoms. The van der Waals surface area contributed by atoms with Crippen molar-refractivity contribution in [2.75, 3.05) is 27.6 Å². The fourth-order valence-corrected chi connectivity index (χ4v) is 7.10. The van der Waals surface area contributed by atoms with Crippen molar-refractivity contribution in [3.63, 3.8) is 0 Å². The lowest BCUT2D eigenvalue weighted by molar-refractivity contribution is -0.682. The molecule has 1 aliphatic rings. The Morgan fingerprint density at radius 3 is 2.17 bits per heavy atom. The Bertz CT molecular complexity index is 2150. The zero-order valence-corrected chi connectivity index (χ0v) is 28.2. The van der Waals surface area contributed by atoms with Crippen LogP contribution in [-0.2, 0) is 16.6 Å². The zero-order chi connectivity index (χ0) is 34.0. The number of nitrogens with zero attached hydrogens (tertiary/aromatic N) is 5. The summed E-state index contributed by atoms with van der Waals surface area (Å²) in [5.74, 6) is -0.570. The molecule has 5 aromatic rings. The lowest BCUT2D eigenvalue weighted by atomic mass is 9.93. The van der Waals surface area contributed by atoms with Gasteiger partial charge in [0.2, 0.25) is 0 Å². The molecule has 1 aliphatic heterocycles. The summed E-state index contributed by atoms with van der Waals surface area (Å²) in [5.41, 5.74) is 4.34. The molecule has 48 heavy (non-hydrogen) atoms. The highest BCUT2D eigenvalue weighted by atomic mass is 32.2. The molecule has 0 bridgehead atoms. The third kappa shape index (κ3) is 6.04. The Hall–Kier alpha value is -5.42. The number of hydrogen-bond donors (Lipinski definition) is 1. The van der Waals surface area contributed by atoms with Crippen LogP contribution in [0.15, 0.2) is 112 Å². The van der Waals surface area contributed by atoms with E-state index in [1.165, 1.54) is 24.3 Å². The number of benzene rings is 4. The summed E-state index contributed by atoms with van der Waals surface area (Å²) in [4.78, 5) is 31.0. The summed E-state index contributed by atoms with van der Waals surface area (Å²) in [6.45, 7) is 10.7. The van der Waals surface area contributed by atoms with Gasteiger partial charge in [-0.1, -0.05) is 25.1 Å². The predicted octanol–water partition coefficient (Wildman–Crippen LogP) is 7.71. The fourth-order valence-electron chi connectivity index (χ4n) is 6.02. The number of sulfonamides is 1. The molecule has 10 nitrogen and oxygen atoms in total. The summed E-state index contributed by atoms with van der Waals surface area (Å²) in [6, 6.07) is 25.7. The standard InChI is InChI=1S/C37H36N6O4S/c1-5-22-42-23-9-8-13-34(42)40-48(46,47)28-17-14-26(15-18-28)43-36(44)30-12-10-11-29-33(21-19-31(35(29)30)37(43)45)39-38-32-20-16-27(24-25(32)4)41(6-2)7-3/h8-21,23-24H,5-7,22H2,1-4H3/p+1. The van der Waals surface area contributed by atoms with E-state index in [-0.39, 0.29) is 10.6 Å². The first-order valence-corrected chi connectivity index (χ1v) is 17.5. The molecule has 244 valence electrons. The molecule has 6 rings (SSSR count). The molecule has 11 heteroatoms. The number of aryl methyl sites for hydroxylation is 2. The summed E-state index contributed by atoms with van der Waals surface area (Å²) in [7, 11) is -3.93. The van der Waals surface area contributed by atoms with Gasteiger partial charge in [-0.2, -0.15) is 18.3 Å². The van der Waals surface area contributed by atoms with Crippen LogP contribution in [-0.4, -0.2) is 33.3 Å². The molecule has 0 fully saturated rings. The number of nitrogens with one attached hydrogen (secondary N) is 1. The Kier molecular flexibility index (Phi) is 9.05. The first-order valence-electron chi connectivity index (χ1n) is 16.0. The second kappa shape index (κ2) is 13.4. The average Bonchev–Trinajstić information content (AvgIpc) is 3.08. The molecule has 2 amide bonds. The van der Waals surface area contributed by atoms with Crippen LogP contribution >= 0.6 is 0 Å². The Morgan fingerprint density at radius 2 is 1.48 bits per heavy atom. The number of amides is 2. The molecular weight excluding hydrogens is 625 g/mol. The summed E-state index contributed by atoms with van der Waals surface area (Å²) >= 11 is 0. The van der Waals surface area contributed by atoms with Crippen molar-refractivity contribution in [3.05, 3.63) is 114 Å². The van der Waals surface area contributed by atoms with Crippen LogP contribution in [0.3, 0.4) is 0 Å². The Balaban J connectivity index is 1.28. The van der Waals surface area contributed by atoms with Gasteiger partial charge in [0.1, 0.15) is 4.90 Å². The van der Waals surface area contributed by atoms with Crippen molar-refractivity contribution in [2.45, 2.75) is 45.6 Å². The number of rotatable bonds is 11. The highest BCUT2D eigenvalue weighted by Crippen LogP contribution is 2.38. The molecule has 0 unspecified atom stereocenters. The number of azo groups is 1. The molecule has 0 saturated carbocycles. The van der Waals surface area contributed by atoms with E-state index in [2.05, 4.69) is 39.8 Å². The number of imide groups is 1. The van der Waals surface area contributed by atoms with Gasteiger partial charge in [-0.15, -0.1) is 5.11 Å². The van der Waals surface area contributed by atoms with Crippen LogP contribution in [0.4, 0.5) is 28.6 Å². The minimum atomic E-state index is -3.93. The normalized spacial score (nSPS) is 13.0. The molecule has 0 atom stereocenters. The van der Waals surface area contributed by atoms with Crippen LogP contribution in [0, 0.1) is 6.92 Å². The lowest BCUT2D eigenvalue weighted by Crippen LogP contribution is -2.40. The number of carbonyl (C=O) groups is 2. The van der Waals surface area contributed by atoms with Crippen LogP contribution in [0.5, 0.6) is 0 Å². The first kappa shape index (κ1) is 32.5. The smallest absolute Gasteiger partial charge is 0.328 e. The minimum absolute atomic E-state index is 0.00509. The molecule has 0 radical (unpaired) electrons. The van der Waals surface area contributed by atoms with Crippen molar-refractivity contribution >= 4 is 61.2 Å². The van der Waals surface area contributed by atoms with Crippen molar-refractivity contribution in [3.8, 4) is 0 Å². The number of carbonyl (C=O) groups excluding carboxylic acids is 2. The van der Waals surface area contributed by atoms with Gasteiger partial charge in [-0.25, -0.2) is 9.47 Å². The van der Waals surface area contributed by atoms with E-state index in [1.54, 1.807) is 36.4 Å². The molecule has 0 aliphatic carbocycles. The van der Waals surface area contributed by atoms with Gasteiger partial charge in [0.25, 0.3) is 17.6 Å². The Morgan fingerprint density at radius 1 is 0.792 bits per heavy atom. The maximum absolute atomic E-state index is 13.8. The van der Waals surface area contributed by atoms with Crippen LogP contribution in [0.25, 0.3) is 10.8 Å². The van der Waals surface area contributed by atoms with Crippen molar-refractivity contribution in [1.29, 1.82) is 0 Å². The largest absolute Gasteiger partial charge is 0.372 e. The number of hydrogen-bond acceptors (Lipinski definition) is 7. The molecule has 0 saturated heterocycles. The van der Waals surface area contributed by atoms with Gasteiger partial charge in [0.15, 0.2) is 0 Å². The van der Waals surface area contributed by atoms with E-state index in [9.17, 15) is 18.0 Å². The van der Waals surface area contributed by atoms with Gasteiger partial charge < -0.3 is 4.90 Å². The number of anilines is 3. The van der Waals surface area contributed by atoms with Gasteiger partial charge in [-0.05, 0) is 99.5 Å². The van der Waals surface area contributed by atoms with Crippen molar-refractivity contribution in [2.24, 2.45) is 10.2 Å². The van der Waals surface area contributed by atoms with Crippen molar-refractivity contribution in [1.82, 2.24) is 0 Å². The number of pyridine rings is 1. The quantitative estimate of drug-likeness (QED) is 0.0885. The average molecular weight is 662 g/mol. The molecule has 1 aromatic heterocycles. The van der Waals surface area contributed by atoms with Crippen molar-refractivity contribution < 1.29 is 22.6 Å². The van der Waals surface area contributed by atoms with E-state index in [4.69, 9.17) is 0 Å². The maximum Gasteiger partial charge on any atom is 0.328 e. The molecular formula is C37H37N6O4S+. The molecule has 1 N–H and O–H groups in total. The van der Waals surface area contributed by atoms with E-state index in [0.717, 1.165) is 41.3 Å². The maximum atomic E-state index is 13.8. The monoisotopic (exact) mass is 661 g/mol. The van der Waals surface area contributed by atoms with Crippen LogP contribution in [0.1, 0.15) is 53.5 Å².